The molecule has 22 heavy (non-hydrogen) atoms. The zero-order chi connectivity index (χ0) is 16.3. The highest BCUT2D eigenvalue weighted by Crippen LogP contribution is 2.33. The second-order valence-electron chi connectivity index (χ2n) is 6.36. The van der Waals surface area contributed by atoms with Gasteiger partial charge in [0, 0.05) is 30.3 Å². The van der Waals surface area contributed by atoms with Crippen molar-refractivity contribution in [3.63, 3.8) is 0 Å². The van der Waals surface area contributed by atoms with Crippen LogP contribution in [0.2, 0.25) is 0 Å². The van der Waals surface area contributed by atoms with E-state index in [1.54, 1.807) is 30.2 Å². The monoisotopic (exact) mass is 305 g/mol. The molecule has 1 aliphatic heterocycles. The Morgan fingerprint density at radius 1 is 1.32 bits per heavy atom. The highest BCUT2D eigenvalue weighted by molar-refractivity contribution is 5.97. The average Bonchev–Trinajstić information content (AvgIpc) is 2.82. The van der Waals surface area contributed by atoms with Gasteiger partial charge >= 0.3 is 6.03 Å². The Labute approximate surface area is 130 Å². The summed E-state index contributed by atoms with van der Waals surface area (Å²) >= 11 is 0. The fraction of sp³-hybridized carbons (Fsp3) is 0.500. The molecule has 6 nitrogen and oxygen atoms in total. The van der Waals surface area contributed by atoms with Crippen molar-refractivity contribution in [3.05, 3.63) is 18.2 Å². The molecule has 120 valence electrons. The summed E-state index contributed by atoms with van der Waals surface area (Å²) in [5.74, 6) is 0.674. The second-order valence-corrected chi connectivity index (χ2v) is 6.36. The number of nitrogens with one attached hydrogen (secondary N) is 2. The summed E-state index contributed by atoms with van der Waals surface area (Å²) in [7, 11) is 1.55. The maximum Gasteiger partial charge on any atom is 0.319 e. The smallest absolute Gasteiger partial charge is 0.319 e. The number of ether oxygens (including phenoxy) is 1. The maximum atomic E-state index is 11.9. The molecule has 0 atom stereocenters. The number of benzene rings is 1. The zero-order valence-corrected chi connectivity index (χ0v) is 13.5. The largest absolute Gasteiger partial charge is 0.494 e. The standard InChI is InChI=1S/C16H23N3O3/c1-16(2,3)18-15(21)17-11-7-8-12(13(10-11)22-4)19-9-5-6-14(19)20/h7-8,10H,5-6,9H2,1-4H3,(H2,17,18,21). The minimum atomic E-state index is -0.309. The van der Waals surface area contributed by atoms with Gasteiger partial charge in [-0.3, -0.25) is 4.79 Å². The summed E-state index contributed by atoms with van der Waals surface area (Å²) < 4.78 is 5.36. The highest BCUT2D eigenvalue weighted by Gasteiger charge is 2.24. The lowest BCUT2D eigenvalue weighted by Crippen LogP contribution is -2.43. The normalized spacial score (nSPS) is 14.9. The minimum absolute atomic E-state index is 0.101. The van der Waals surface area contributed by atoms with Gasteiger partial charge in [-0.25, -0.2) is 4.79 Å². The average molecular weight is 305 g/mol. The first kappa shape index (κ1) is 16.1. The number of carbonyl (C=O) groups is 2. The van der Waals surface area contributed by atoms with Gasteiger partial charge in [-0.2, -0.15) is 0 Å². The number of carbonyl (C=O) groups excluding carboxylic acids is 2. The molecule has 1 aliphatic rings. The van der Waals surface area contributed by atoms with Crippen LogP contribution in [0, 0.1) is 0 Å². The SMILES string of the molecule is COc1cc(NC(=O)NC(C)(C)C)ccc1N1CCCC1=O. The van der Waals surface area contributed by atoms with Crippen LogP contribution in [0.15, 0.2) is 18.2 Å². The molecular weight excluding hydrogens is 282 g/mol. The fourth-order valence-electron chi connectivity index (χ4n) is 2.38. The predicted octanol–water partition coefficient (Wildman–Crippen LogP) is 2.74. The Bertz CT molecular complexity index is 578. The Balaban J connectivity index is 2.15. The molecule has 0 unspecified atom stereocenters. The van der Waals surface area contributed by atoms with Gasteiger partial charge in [0.05, 0.1) is 12.8 Å². The van der Waals surface area contributed by atoms with E-state index in [9.17, 15) is 9.59 Å². The third kappa shape index (κ3) is 3.90. The van der Waals surface area contributed by atoms with Crippen molar-refractivity contribution in [2.24, 2.45) is 0 Å². The first-order valence-corrected chi connectivity index (χ1v) is 7.38. The third-order valence-electron chi connectivity index (χ3n) is 3.29. The Morgan fingerprint density at radius 2 is 2.05 bits per heavy atom. The Morgan fingerprint density at radius 3 is 2.59 bits per heavy atom. The van der Waals surface area contributed by atoms with Gasteiger partial charge in [-0.1, -0.05) is 0 Å². The van der Waals surface area contributed by atoms with Crippen LogP contribution in [-0.4, -0.2) is 31.1 Å². The maximum absolute atomic E-state index is 11.9. The van der Waals surface area contributed by atoms with E-state index in [-0.39, 0.29) is 17.5 Å². The molecule has 0 aromatic heterocycles. The second kappa shape index (κ2) is 6.25. The molecule has 1 aromatic rings. The van der Waals surface area contributed by atoms with Crippen LogP contribution in [0.3, 0.4) is 0 Å². The molecule has 1 fully saturated rings. The van der Waals surface area contributed by atoms with Crippen LogP contribution >= 0.6 is 0 Å². The van der Waals surface area contributed by atoms with Crippen molar-refractivity contribution >= 4 is 23.3 Å². The van der Waals surface area contributed by atoms with Crippen LogP contribution in [-0.2, 0) is 4.79 Å². The van der Waals surface area contributed by atoms with Crippen molar-refractivity contribution in [1.29, 1.82) is 0 Å². The van der Waals surface area contributed by atoms with Gasteiger partial charge in [-0.15, -0.1) is 0 Å². The topological polar surface area (TPSA) is 70.7 Å². The number of methoxy groups -OCH3 is 1. The fourth-order valence-corrected chi connectivity index (χ4v) is 2.38. The molecule has 0 saturated carbocycles. The molecule has 0 bridgehead atoms. The van der Waals surface area contributed by atoms with Crippen LogP contribution in [0.25, 0.3) is 0 Å². The van der Waals surface area contributed by atoms with Crippen molar-refractivity contribution in [2.75, 3.05) is 23.9 Å². The molecule has 1 saturated heterocycles. The Kier molecular flexibility index (Phi) is 4.59. The lowest BCUT2D eigenvalue weighted by Gasteiger charge is -2.22. The highest BCUT2D eigenvalue weighted by atomic mass is 16.5. The van der Waals surface area contributed by atoms with E-state index in [2.05, 4.69) is 10.6 Å². The summed E-state index contributed by atoms with van der Waals surface area (Å²) in [4.78, 5) is 25.5. The van der Waals surface area contributed by atoms with Gasteiger partial charge < -0.3 is 20.3 Å². The van der Waals surface area contributed by atoms with Crippen molar-refractivity contribution < 1.29 is 14.3 Å². The number of nitrogens with zero attached hydrogens (tertiary/aromatic N) is 1. The first-order chi connectivity index (χ1) is 10.3. The molecule has 0 radical (unpaired) electrons. The van der Waals surface area contributed by atoms with Crippen molar-refractivity contribution in [1.82, 2.24) is 5.32 Å². The molecule has 1 heterocycles. The number of rotatable bonds is 3. The van der Waals surface area contributed by atoms with Gasteiger partial charge in [-0.05, 0) is 39.3 Å². The van der Waals surface area contributed by atoms with Crippen molar-refractivity contribution in [2.45, 2.75) is 39.2 Å². The Hall–Kier alpha value is -2.24. The van der Waals surface area contributed by atoms with Crippen LogP contribution in [0.4, 0.5) is 16.2 Å². The van der Waals surface area contributed by atoms with Crippen LogP contribution in [0.1, 0.15) is 33.6 Å². The van der Waals surface area contributed by atoms with Crippen LogP contribution < -0.4 is 20.3 Å². The number of amides is 3. The number of urea groups is 1. The van der Waals surface area contributed by atoms with E-state index in [0.29, 0.717) is 24.4 Å². The van der Waals surface area contributed by atoms with E-state index in [0.717, 1.165) is 12.1 Å². The van der Waals surface area contributed by atoms with Gasteiger partial charge in [0.1, 0.15) is 5.75 Å². The number of hydrogen-bond acceptors (Lipinski definition) is 3. The zero-order valence-electron chi connectivity index (χ0n) is 13.5. The number of hydrogen-bond donors (Lipinski definition) is 2. The quantitative estimate of drug-likeness (QED) is 0.902. The molecule has 0 aliphatic carbocycles. The summed E-state index contributed by atoms with van der Waals surface area (Å²) in [5, 5.41) is 5.60. The summed E-state index contributed by atoms with van der Waals surface area (Å²) in [6, 6.07) is 5.02. The molecule has 1 aromatic carbocycles. The van der Waals surface area contributed by atoms with Gasteiger partial charge in [0.15, 0.2) is 0 Å². The number of anilines is 2. The first-order valence-electron chi connectivity index (χ1n) is 7.38. The lowest BCUT2D eigenvalue weighted by atomic mass is 10.1. The molecular formula is C16H23N3O3. The molecule has 6 heteroatoms. The van der Waals surface area contributed by atoms with E-state index < -0.39 is 0 Å². The van der Waals surface area contributed by atoms with Crippen LogP contribution in [0.5, 0.6) is 5.75 Å². The summed E-state index contributed by atoms with van der Waals surface area (Å²) in [5.41, 5.74) is 1.05. The van der Waals surface area contributed by atoms with Gasteiger partial charge in [0.2, 0.25) is 5.91 Å². The predicted molar refractivity (Wildman–Crippen MR) is 86.5 cm³/mol. The van der Waals surface area contributed by atoms with Crippen molar-refractivity contribution in [3.8, 4) is 5.75 Å². The summed E-state index contributed by atoms with van der Waals surface area (Å²) in [6.45, 7) is 6.44. The minimum Gasteiger partial charge on any atom is -0.494 e. The molecule has 2 rings (SSSR count). The van der Waals surface area contributed by atoms with E-state index in [4.69, 9.17) is 4.74 Å². The third-order valence-corrected chi connectivity index (χ3v) is 3.29. The molecule has 3 amide bonds. The van der Waals surface area contributed by atoms with Gasteiger partial charge in [0.25, 0.3) is 0 Å². The van der Waals surface area contributed by atoms with E-state index >= 15 is 0 Å². The van der Waals surface area contributed by atoms with E-state index in [1.165, 1.54) is 0 Å². The van der Waals surface area contributed by atoms with E-state index in [1.807, 2.05) is 20.8 Å². The molecule has 0 spiro atoms. The molecule has 2 N–H and O–H groups in total. The lowest BCUT2D eigenvalue weighted by molar-refractivity contribution is -0.117. The summed E-state index contributed by atoms with van der Waals surface area (Å²) in [6.07, 6.45) is 1.42.